The van der Waals surface area contributed by atoms with Crippen LogP contribution in [0, 0.1) is 11.8 Å². The van der Waals surface area contributed by atoms with Gasteiger partial charge >= 0.3 is 17.9 Å². The van der Waals surface area contributed by atoms with Crippen LogP contribution in [0.25, 0.3) is 0 Å². The number of carbonyl (C=O) groups excluding carboxylic acids is 3. The Morgan fingerprint density at radius 1 is 0.344 bits per heavy atom. The van der Waals surface area contributed by atoms with Crippen molar-refractivity contribution in [3.63, 3.8) is 0 Å². The van der Waals surface area contributed by atoms with E-state index in [-0.39, 0.29) is 31.1 Å². The van der Waals surface area contributed by atoms with Crippen LogP contribution < -0.4 is 0 Å². The maximum absolute atomic E-state index is 12.8. The maximum atomic E-state index is 12.8. The first kappa shape index (κ1) is 59.4. The van der Waals surface area contributed by atoms with Gasteiger partial charge in [-0.1, -0.05) is 266 Å². The zero-order chi connectivity index (χ0) is 44.7. The number of hydrogen-bond donors (Lipinski definition) is 0. The van der Waals surface area contributed by atoms with Crippen molar-refractivity contribution in [3.8, 4) is 0 Å². The summed E-state index contributed by atoms with van der Waals surface area (Å²) < 4.78 is 16.8. The van der Waals surface area contributed by atoms with Crippen LogP contribution in [0.3, 0.4) is 0 Å². The van der Waals surface area contributed by atoms with E-state index in [0.717, 1.165) is 69.6 Å². The van der Waals surface area contributed by atoms with Gasteiger partial charge in [0.1, 0.15) is 13.2 Å². The first-order valence-electron chi connectivity index (χ1n) is 27.3. The smallest absolute Gasteiger partial charge is 0.306 e. The normalized spacial score (nSPS) is 12.5. The molecule has 61 heavy (non-hydrogen) atoms. The molecule has 0 aromatic rings. The van der Waals surface area contributed by atoms with E-state index in [0.29, 0.717) is 19.3 Å². The number of carbonyl (C=O) groups is 3. The third kappa shape index (κ3) is 47.7. The van der Waals surface area contributed by atoms with Gasteiger partial charge in [-0.25, -0.2) is 0 Å². The largest absolute Gasteiger partial charge is 0.462 e. The third-order valence-electron chi connectivity index (χ3n) is 12.8. The monoisotopic (exact) mass is 863 g/mol. The lowest BCUT2D eigenvalue weighted by Crippen LogP contribution is -2.30. The van der Waals surface area contributed by atoms with Crippen LogP contribution in [0.5, 0.6) is 0 Å². The minimum atomic E-state index is -0.761. The molecule has 0 rings (SSSR count). The fraction of sp³-hybridized carbons (Fsp3) is 0.945. The van der Waals surface area contributed by atoms with E-state index in [2.05, 4.69) is 34.6 Å². The lowest BCUT2D eigenvalue weighted by molar-refractivity contribution is -0.167. The van der Waals surface area contributed by atoms with Gasteiger partial charge in [-0.05, 0) is 31.1 Å². The zero-order valence-corrected chi connectivity index (χ0v) is 41.8. The molecule has 0 heterocycles. The molecular formula is C55H106O6. The van der Waals surface area contributed by atoms with Crippen LogP contribution in [0.2, 0.25) is 0 Å². The Bertz CT molecular complexity index is 933. The number of hydrogen-bond acceptors (Lipinski definition) is 6. The molecule has 0 aliphatic heterocycles. The fourth-order valence-electron chi connectivity index (χ4n) is 8.31. The third-order valence-corrected chi connectivity index (χ3v) is 12.8. The summed E-state index contributed by atoms with van der Waals surface area (Å²) in [6.45, 7) is 11.4. The molecule has 6 heteroatoms. The average Bonchev–Trinajstić information content (AvgIpc) is 3.24. The predicted octanol–water partition coefficient (Wildman–Crippen LogP) is 17.7. The second-order valence-electron chi connectivity index (χ2n) is 19.6. The highest BCUT2D eigenvalue weighted by atomic mass is 16.6. The van der Waals surface area contributed by atoms with E-state index in [1.165, 1.54) is 193 Å². The Morgan fingerprint density at radius 2 is 0.623 bits per heavy atom. The van der Waals surface area contributed by atoms with Crippen LogP contribution in [-0.2, 0) is 28.6 Å². The van der Waals surface area contributed by atoms with Crippen LogP contribution in [-0.4, -0.2) is 37.2 Å². The van der Waals surface area contributed by atoms with Crippen molar-refractivity contribution in [2.24, 2.45) is 11.8 Å². The van der Waals surface area contributed by atoms with E-state index in [1.807, 2.05) is 0 Å². The van der Waals surface area contributed by atoms with Gasteiger partial charge in [0, 0.05) is 19.3 Å². The number of rotatable bonds is 49. The van der Waals surface area contributed by atoms with Crippen molar-refractivity contribution in [2.45, 2.75) is 310 Å². The predicted molar refractivity (Wildman–Crippen MR) is 261 cm³/mol. The standard InChI is InChI=1S/C55H106O6/c1-6-8-9-10-11-12-25-30-35-40-45-53(56)59-48-52(61-55(58)47-42-37-32-27-22-21-24-29-34-39-44-51(5)7-2)49-60-54(57)46-41-36-31-26-20-18-16-14-13-15-17-19-23-28-33-38-43-50(3)4/h50-52H,6-49H2,1-5H3/t51?,52-/m0/s1. The Morgan fingerprint density at radius 3 is 0.934 bits per heavy atom. The van der Waals surface area contributed by atoms with Gasteiger partial charge in [0.2, 0.25) is 0 Å². The molecule has 0 radical (unpaired) electrons. The first-order chi connectivity index (χ1) is 29.8. The molecule has 6 nitrogen and oxygen atoms in total. The quantitative estimate of drug-likeness (QED) is 0.0344. The molecule has 362 valence electrons. The van der Waals surface area contributed by atoms with E-state index in [9.17, 15) is 14.4 Å². The van der Waals surface area contributed by atoms with E-state index >= 15 is 0 Å². The van der Waals surface area contributed by atoms with Crippen molar-refractivity contribution in [3.05, 3.63) is 0 Å². The highest BCUT2D eigenvalue weighted by Gasteiger charge is 2.19. The zero-order valence-electron chi connectivity index (χ0n) is 41.8. The maximum Gasteiger partial charge on any atom is 0.306 e. The molecule has 0 aliphatic carbocycles. The van der Waals surface area contributed by atoms with E-state index in [1.54, 1.807) is 0 Å². The summed E-state index contributed by atoms with van der Waals surface area (Å²) in [5, 5.41) is 0. The Balaban J connectivity index is 4.25. The Kier molecular flexibility index (Phi) is 46.6. The molecule has 0 fully saturated rings. The molecule has 0 N–H and O–H groups in total. The lowest BCUT2D eigenvalue weighted by atomic mass is 9.99. The summed E-state index contributed by atoms with van der Waals surface area (Å²) in [4.78, 5) is 38.0. The lowest BCUT2D eigenvalue weighted by Gasteiger charge is -2.18. The number of unbranched alkanes of at least 4 members (excludes halogenated alkanes) is 33. The number of esters is 3. The van der Waals surface area contributed by atoms with Crippen molar-refractivity contribution >= 4 is 17.9 Å². The van der Waals surface area contributed by atoms with Crippen LogP contribution in [0.15, 0.2) is 0 Å². The summed E-state index contributed by atoms with van der Waals surface area (Å²) in [6, 6.07) is 0. The van der Waals surface area contributed by atoms with Crippen molar-refractivity contribution in [2.75, 3.05) is 13.2 Å². The molecule has 0 aliphatic rings. The van der Waals surface area contributed by atoms with Crippen LogP contribution >= 0.6 is 0 Å². The van der Waals surface area contributed by atoms with Gasteiger partial charge in [0.05, 0.1) is 0 Å². The molecule has 0 spiro atoms. The summed E-state index contributed by atoms with van der Waals surface area (Å²) in [5.74, 6) is 0.874. The van der Waals surface area contributed by atoms with Crippen molar-refractivity contribution < 1.29 is 28.6 Å². The molecule has 0 bridgehead atoms. The Hall–Kier alpha value is -1.59. The fourth-order valence-corrected chi connectivity index (χ4v) is 8.31. The van der Waals surface area contributed by atoms with Gasteiger partial charge in [-0.2, -0.15) is 0 Å². The molecule has 2 atom stereocenters. The van der Waals surface area contributed by atoms with Gasteiger partial charge in [-0.15, -0.1) is 0 Å². The summed E-state index contributed by atoms with van der Waals surface area (Å²) in [5.41, 5.74) is 0. The minimum Gasteiger partial charge on any atom is -0.462 e. The SMILES string of the molecule is CCCCCCCCCCCCC(=O)OC[C@@H](COC(=O)CCCCCCCCCCCCCCCCCCC(C)C)OC(=O)CCCCCCCCCCCCC(C)CC. The highest BCUT2D eigenvalue weighted by molar-refractivity contribution is 5.71. The molecule has 0 aromatic carbocycles. The summed E-state index contributed by atoms with van der Waals surface area (Å²) in [7, 11) is 0. The number of ether oxygens (including phenoxy) is 3. The first-order valence-corrected chi connectivity index (χ1v) is 27.3. The molecule has 0 amide bonds. The summed E-state index contributed by atoms with van der Waals surface area (Å²) in [6.07, 6.45) is 49.4. The second kappa shape index (κ2) is 47.9. The second-order valence-corrected chi connectivity index (χ2v) is 19.6. The van der Waals surface area contributed by atoms with Gasteiger partial charge in [-0.3, -0.25) is 14.4 Å². The van der Waals surface area contributed by atoms with Gasteiger partial charge in [0.25, 0.3) is 0 Å². The highest BCUT2D eigenvalue weighted by Crippen LogP contribution is 2.18. The van der Waals surface area contributed by atoms with Crippen LogP contribution in [0.4, 0.5) is 0 Å². The van der Waals surface area contributed by atoms with E-state index < -0.39 is 6.10 Å². The average molecular weight is 863 g/mol. The van der Waals surface area contributed by atoms with Gasteiger partial charge in [0.15, 0.2) is 6.10 Å². The molecule has 1 unspecified atom stereocenters. The summed E-state index contributed by atoms with van der Waals surface area (Å²) >= 11 is 0. The molecule has 0 saturated carbocycles. The molecular weight excluding hydrogens is 757 g/mol. The minimum absolute atomic E-state index is 0.0633. The van der Waals surface area contributed by atoms with Crippen molar-refractivity contribution in [1.29, 1.82) is 0 Å². The molecule has 0 aromatic heterocycles. The van der Waals surface area contributed by atoms with Crippen LogP contribution in [0.1, 0.15) is 304 Å². The van der Waals surface area contributed by atoms with E-state index in [4.69, 9.17) is 14.2 Å². The topological polar surface area (TPSA) is 78.9 Å². The van der Waals surface area contributed by atoms with Crippen molar-refractivity contribution in [1.82, 2.24) is 0 Å². The Labute approximate surface area is 380 Å². The van der Waals surface area contributed by atoms with Gasteiger partial charge < -0.3 is 14.2 Å². The molecule has 0 saturated heterocycles.